The van der Waals surface area contributed by atoms with Crippen molar-refractivity contribution in [1.82, 2.24) is 4.31 Å². The van der Waals surface area contributed by atoms with Crippen LogP contribution in [0.15, 0.2) is 69.5 Å². The highest BCUT2D eigenvalue weighted by Crippen LogP contribution is 2.50. The Morgan fingerprint density at radius 3 is 2.05 bits per heavy atom. The van der Waals surface area contributed by atoms with E-state index in [1.165, 1.54) is 30.7 Å². The van der Waals surface area contributed by atoms with Crippen LogP contribution in [0.25, 0.3) is 0 Å². The lowest BCUT2D eigenvalue weighted by Crippen LogP contribution is -2.39. The number of methoxy groups -OCH3 is 2. The quantitative estimate of drug-likeness (QED) is 0.403. The van der Waals surface area contributed by atoms with Gasteiger partial charge >= 0.3 is 10.1 Å². The number of hydrogen-bond donors (Lipinski definition) is 0. The second-order valence-corrected chi connectivity index (χ2v) is 12.8. The van der Waals surface area contributed by atoms with Gasteiger partial charge in [-0.2, -0.15) is 12.7 Å². The molecule has 0 amide bonds. The molecule has 1 atom stereocenters. The Kier molecular flexibility index (Phi) is 6.70. The van der Waals surface area contributed by atoms with Gasteiger partial charge in [0, 0.05) is 13.0 Å². The monoisotopic (exact) mass is 556 g/mol. The Bertz CT molecular complexity index is 1630. The van der Waals surface area contributed by atoms with Crippen LogP contribution in [0.4, 0.5) is 0 Å². The molecule has 0 spiro atoms. The van der Waals surface area contributed by atoms with Crippen molar-refractivity contribution < 1.29 is 30.6 Å². The third-order valence-electron chi connectivity index (χ3n) is 6.94. The van der Waals surface area contributed by atoms with Crippen LogP contribution in [0.2, 0.25) is 0 Å². The maximum Gasteiger partial charge on any atom is 0.358 e. The Hall–Kier alpha value is -3.41. The Morgan fingerprint density at radius 1 is 0.868 bits per heavy atom. The molecule has 200 valence electrons. The summed E-state index contributed by atoms with van der Waals surface area (Å²) in [7, 11) is -5.07. The van der Waals surface area contributed by atoms with E-state index in [9.17, 15) is 16.8 Å². The number of aryl methyl sites for hydroxylation is 2. The molecule has 0 fully saturated rings. The predicted octanol–water partition coefficient (Wildman–Crippen LogP) is 4.12. The third-order valence-corrected chi connectivity index (χ3v) is 9.98. The van der Waals surface area contributed by atoms with E-state index in [4.69, 9.17) is 13.8 Å². The fourth-order valence-corrected chi connectivity index (χ4v) is 7.35. The van der Waals surface area contributed by atoms with Gasteiger partial charge in [0.2, 0.25) is 10.0 Å². The van der Waals surface area contributed by atoms with Gasteiger partial charge in [-0.3, -0.25) is 4.28 Å². The van der Waals surface area contributed by atoms with Crippen LogP contribution >= 0.6 is 0 Å². The number of rotatable bonds is 7. The molecular formula is C27H28N2O7S2. The normalized spacial score (nSPS) is 18.3. The zero-order valence-electron chi connectivity index (χ0n) is 21.5. The molecule has 1 aliphatic heterocycles. The Labute approximate surface area is 222 Å². The fraction of sp³-hybridized carbons (Fsp3) is 0.296. The lowest BCUT2D eigenvalue weighted by Gasteiger charge is -2.34. The molecule has 0 saturated carbocycles. The van der Waals surface area contributed by atoms with Crippen molar-refractivity contribution in [2.75, 3.05) is 20.8 Å². The molecule has 3 aromatic carbocycles. The minimum Gasteiger partial charge on any atom is -0.493 e. The highest BCUT2D eigenvalue weighted by Gasteiger charge is 2.45. The van der Waals surface area contributed by atoms with Gasteiger partial charge in [-0.25, -0.2) is 8.42 Å². The Balaban J connectivity index is 1.60. The minimum absolute atomic E-state index is 0.0339. The molecule has 2 aliphatic rings. The van der Waals surface area contributed by atoms with E-state index in [2.05, 4.69) is 5.16 Å². The van der Waals surface area contributed by atoms with Crippen LogP contribution in [0.5, 0.6) is 11.5 Å². The first kappa shape index (κ1) is 26.2. The molecule has 1 aliphatic carbocycles. The van der Waals surface area contributed by atoms with Crippen molar-refractivity contribution in [2.24, 2.45) is 5.16 Å². The molecule has 11 heteroatoms. The van der Waals surface area contributed by atoms with Crippen molar-refractivity contribution in [3.63, 3.8) is 0 Å². The summed E-state index contributed by atoms with van der Waals surface area (Å²) in [4.78, 5) is 0.158. The molecule has 0 saturated heterocycles. The van der Waals surface area contributed by atoms with E-state index in [0.717, 1.165) is 22.3 Å². The Morgan fingerprint density at radius 2 is 1.47 bits per heavy atom. The van der Waals surface area contributed by atoms with E-state index in [0.29, 0.717) is 23.5 Å². The largest absolute Gasteiger partial charge is 0.493 e. The maximum atomic E-state index is 13.7. The fourth-order valence-electron chi connectivity index (χ4n) is 5.01. The molecule has 38 heavy (non-hydrogen) atoms. The second kappa shape index (κ2) is 9.72. The van der Waals surface area contributed by atoms with Gasteiger partial charge in [0.05, 0.1) is 36.4 Å². The molecule has 0 bridgehead atoms. The highest BCUT2D eigenvalue weighted by molar-refractivity contribution is 7.89. The SMILES string of the molecule is COc1cc2c3c(c1OC)C(=NOS(=O)(=O)c1ccc(C)cc1)C[C@H]3N(S(=O)(=O)c1ccc(C)cc1)CC2. The number of oxime groups is 1. The van der Waals surface area contributed by atoms with E-state index in [-0.39, 0.29) is 28.5 Å². The third kappa shape index (κ3) is 4.44. The molecule has 0 radical (unpaired) electrons. The molecule has 3 aromatic rings. The van der Waals surface area contributed by atoms with Gasteiger partial charge in [-0.15, -0.1) is 0 Å². The number of nitrogens with zero attached hydrogens (tertiary/aromatic N) is 2. The van der Waals surface area contributed by atoms with Crippen LogP contribution in [0, 0.1) is 13.8 Å². The van der Waals surface area contributed by atoms with E-state index in [1.807, 2.05) is 19.9 Å². The summed E-state index contributed by atoms with van der Waals surface area (Å²) in [5.41, 5.74) is 4.23. The first-order valence-electron chi connectivity index (χ1n) is 12.0. The smallest absolute Gasteiger partial charge is 0.358 e. The maximum absolute atomic E-state index is 13.7. The first-order valence-corrected chi connectivity index (χ1v) is 14.9. The standard InChI is InChI=1S/C27H28N2O7S2/c1-17-5-9-20(10-6-17)37(30,31)29-14-13-19-15-24(34-3)27(35-4)26-22(16-23(29)25(19)26)28-36-38(32,33)21-11-7-18(2)8-12-21/h5-12,15,23H,13-14,16H2,1-4H3/t23-/m1/s1. The lowest BCUT2D eigenvalue weighted by atomic mass is 9.94. The first-order chi connectivity index (χ1) is 18.1. The van der Waals surface area contributed by atoms with Crippen molar-refractivity contribution >= 4 is 25.9 Å². The zero-order valence-corrected chi connectivity index (χ0v) is 23.1. The molecule has 9 nitrogen and oxygen atoms in total. The molecule has 0 unspecified atom stereocenters. The summed E-state index contributed by atoms with van der Waals surface area (Å²) in [6.07, 6.45) is 0.556. The highest BCUT2D eigenvalue weighted by atomic mass is 32.2. The van der Waals surface area contributed by atoms with Crippen molar-refractivity contribution in [1.29, 1.82) is 0 Å². The second-order valence-electron chi connectivity index (χ2n) is 9.34. The summed E-state index contributed by atoms with van der Waals surface area (Å²) in [5.74, 6) is 0.796. The number of ether oxygens (including phenoxy) is 2. The summed E-state index contributed by atoms with van der Waals surface area (Å²) < 4.78 is 70.9. The van der Waals surface area contributed by atoms with Crippen LogP contribution in [0.1, 0.15) is 40.3 Å². The lowest BCUT2D eigenvalue weighted by molar-refractivity contribution is 0.312. The topological polar surface area (TPSA) is 112 Å². The van der Waals surface area contributed by atoms with Crippen molar-refractivity contribution in [2.45, 2.75) is 42.5 Å². The van der Waals surface area contributed by atoms with Crippen LogP contribution in [-0.4, -0.2) is 47.6 Å². The van der Waals surface area contributed by atoms with Gasteiger partial charge in [-0.1, -0.05) is 40.5 Å². The van der Waals surface area contributed by atoms with Crippen molar-refractivity contribution in [3.05, 3.63) is 82.4 Å². The zero-order chi connectivity index (χ0) is 27.2. The molecular weight excluding hydrogens is 528 g/mol. The van der Waals surface area contributed by atoms with E-state index in [1.54, 1.807) is 36.4 Å². The van der Waals surface area contributed by atoms with Crippen LogP contribution < -0.4 is 9.47 Å². The summed E-state index contributed by atoms with van der Waals surface area (Å²) >= 11 is 0. The van der Waals surface area contributed by atoms with E-state index >= 15 is 0 Å². The summed E-state index contributed by atoms with van der Waals surface area (Å²) in [6.45, 7) is 3.99. The minimum atomic E-state index is -4.20. The van der Waals surface area contributed by atoms with Crippen molar-refractivity contribution in [3.8, 4) is 11.5 Å². The summed E-state index contributed by atoms with van der Waals surface area (Å²) in [5, 5.41) is 4.06. The number of benzene rings is 3. The van der Waals surface area contributed by atoms with Gasteiger partial charge < -0.3 is 9.47 Å². The predicted molar refractivity (Wildman–Crippen MR) is 142 cm³/mol. The van der Waals surface area contributed by atoms with Gasteiger partial charge in [0.15, 0.2) is 11.5 Å². The van der Waals surface area contributed by atoms with Crippen LogP contribution in [-0.2, 0) is 30.8 Å². The van der Waals surface area contributed by atoms with Gasteiger partial charge in [0.25, 0.3) is 0 Å². The van der Waals surface area contributed by atoms with Gasteiger partial charge in [0.1, 0.15) is 4.90 Å². The average Bonchev–Trinajstić information content (AvgIpc) is 3.28. The number of hydrogen-bond acceptors (Lipinski definition) is 8. The average molecular weight is 557 g/mol. The molecule has 0 aromatic heterocycles. The van der Waals surface area contributed by atoms with E-state index < -0.39 is 26.2 Å². The molecule has 5 rings (SSSR count). The van der Waals surface area contributed by atoms with Gasteiger partial charge in [-0.05, 0) is 61.7 Å². The van der Waals surface area contributed by atoms with Crippen LogP contribution in [0.3, 0.4) is 0 Å². The molecule has 1 heterocycles. The summed E-state index contributed by atoms with van der Waals surface area (Å²) in [6, 6.07) is 14.2. The molecule has 0 N–H and O–H groups in total. The number of sulfonamides is 1.